The Morgan fingerprint density at radius 2 is 1.97 bits per heavy atom. The van der Waals surface area contributed by atoms with Gasteiger partial charge in [-0.05, 0) is 57.6 Å². The quantitative estimate of drug-likeness (QED) is 0.465. The second-order valence-corrected chi connectivity index (χ2v) is 8.51. The predicted octanol–water partition coefficient (Wildman–Crippen LogP) is 2.51. The molecule has 10 nitrogen and oxygen atoms in total. The van der Waals surface area contributed by atoms with Crippen LogP contribution in [0.15, 0.2) is 35.4 Å². The number of anilines is 3. The van der Waals surface area contributed by atoms with E-state index in [-0.39, 0.29) is 28.6 Å². The number of ether oxygens (including phenoxy) is 1. The van der Waals surface area contributed by atoms with Crippen molar-refractivity contribution in [3.63, 3.8) is 0 Å². The zero-order chi connectivity index (χ0) is 24.0. The summed E-state index contributed by atoms with van der Waals surface area (Å²) < 4.78 is 6.91. The van der Waals surface area contributed by atoms with Crippen LogP contribution in [0.1, 0.15) is 57.3 Å². The van der Waals surface area contributed by atoms with E-state index < -0.39 is 5.91 Å². The Labute approximate surface area is 193 Å². The molecule has 2 aromatic rings. The molecule has 2 saturated carbocycles. The highest BCUT2D eigenvalue weighted by Crippen LogP contribution is 2.33. The minimum Gasteiger partial charge on any atom is -0.404 e. The molecule has 0 aliphatic heterocycles. The lowest BCUT2D eigenvalue weighted by atomic mass is 9.82. The van der Waals surface area contributed by atoms with Gasteiger partial charge in [0.25, 0.3) is 11.5 Å². The molecule has 0 aromatic carbocycles. The fraction of sp³-hybridized carbons (Fsp3) is 0.478. The van der Waals surface area contributed by atoms with Crippen molar-refractivity contribution in [3.05, 3.63) is 46.8 Å². The highest BCUT2D eigenvalue weighted by Gasteiger charge is 2.30. The van der Waals surface area contributed by atoms with Crippen LogP contribution in [0.2, 0.25) is 0 Å². The van der Waals surface area contributed by atoms with E-state index in [9.17, 15) is 9.59 Å². The van der Waals surface area contributed by atoms with Gasteiger partial charge in [-0.15, -0.1) is 0 Å². The zero-order valence-corrected chi connectivity index (χ0v) is 19.4. The summed E-state index contributed by atoms with van der Waals surface area (Å²) in [5.41, 5.74) is 11.3. The monoisotopic (exact) mass is 455 g/mol. The normalized spacial score (nSPS) is 17.1. The molecule has 2 aliphatic carbocycles. The molecule has 33 heavy (non-hydrogen) atoms. The van der Waals surface area contributed by atoms with Gasteiger partial charge in [0, 0.05) is 38.7 Å². The third-order valence-electron chi connectivity index (χ3n) is 6.26. The number of nitrogens with two attached hydrogens (primary N) is 2. The fourth-order valence-corrected chi connectivity index (χ4v) is 3.60. The second-order valence-electron chi connectivity index (χ2n) is 8.51. The fourth-order valence-electron chi connectivity index (χ4n) is 3.60. The molecule has 0 unspecified atom stereocenters. The predicted molar refractivity (Wildman–Crippen MR) is 129 cm³/mol. The van der Waals surface area contributed by atoms with Crippen molar-refractivity contribution in [1.29, 1.82) is 0 Å². The maximum absolute atomic E-state index is 12.7. The first kappa shape index (κ1) is 24.2. The van der Waals surface area contributed by atoms with E-state index in [1.54, 1.807) is 37.1 Å². The molecule has 0 atom stereocenters. The van der Waals surface area contributed by atoms with E-state index in [4.69, 9.17) is 16.2 Å². The summed E-state index contributed by atoms with van der Waals surface area (Å²) in [6.45, 7) is 2.16. The molecular formula is C23H33N7O3. The molecule has 2 aromatic heterocycles. The van der Waals surface area contributed by atoms with E-state index >= 15 is 0 Å². The Balaban J connectivity index is 0.000000374. The molecule has 2 fully saturated rings. The summed E-state index contributed by atoms with van der Waals surface area (Å²) in [5.74, 6) is 0.139. The van der Waals surface area contributed by atoms with Gasteiger partial charge in [0.2, 0.25) is 0 Å². The van der Waals surface area contributed by atoms with Crippen LogP contribution in [0.5, 0.6) is 0 Å². The first-order valence-electron chi connectivity index (χ1n) is 11.1. The Morgan fingerprint density at radius 3 is 2.42 bits per heavy atom. The molecule has 6 N–H and O–H groups in total. The second kappa shape index (κ2) is 10.5. The molecule has 1 amide bonds. The van der Waals surface area contributed by atoms with Crippen molar-refractivity contribution in [1.82, 2.24) is 14.5 Å². The van der Waals surface area contributed by atoms with Crippen LogP contribution in [0, 0.1) is 0 Å². The van der Waals surface area contributed by atoms with Gasteiger partial charge in [0.15, 0.2) is 5.82 Å². The maximum atomic E-state index is 12.7. The number of pyridine rings is 1. The van der Waals surface area contributed by atoms with Crippen LogP contribution >= 0.6 is 0 Å². The zero-order valence-electron chi connectivity index (χ0n) is 19.4. The molecule has 10 heteroatoms. The van der Waals surface area contributed by atoms with E-state index in [2.05, 4.69) is 27.5 Å². The third kappa shape index (κ3) is 5.70. The summed E-state index contributed by atoms with van der Waals surface area (Å²) in [5, 5.41) is 5.88. The average molecular weight is 456 g/mol. The van der Waals surface area contributed by atoms with Crippen LogP contribution in [0.3, 0.4) is 0 Å². The van der Waals surface area contributed by atoms with Gasteiger partial charge >= 0.3 is 0 Å². The van der Waals surface area contributed by atoms with E-state index in [0.29, 0.717) is 17.3 Å². The number of hydrogen-bond donors (Lipinski definition) is 4. The number of aromatic nitrogens is 3. The Hall–Kier alpha value is -3.40. The number of carbonyl (C=O) groups is 1. The highest BCUT2D eigenvalue weighted by molar-refractivity contribution is 6.17. The number of methoxy groups -OCH3 is 1. The SMILES string of the molecule is CNc1cc(Nc2cccn(C3CCC3)c2=O)nc(/C(=C\N)C(N)=O)n1.COC1(C)CCC1. The van der Waals surface area contributed by atoms with Crippen LogP contribution in [-0.2, 0) is 9.53 Å². The van der Waals surface area contributed by atoms with Gasteiger partial charge < -0.3 is 31.4 Å². The molecule has 178 valence electrons. The first-order valence-corrected chi connectivity index (χ1v) is 11.1. The summed E-state index contributed by atoms with van der Waals surface area (Å²) in [6, 6.07) is 5.38. The number of carbonyl (C=O) groups excluding carboxylic acids is 1. The molecule has 0 saturated heterocycles. The van der Waals surface area contributed by atoms with Crippen molar-refractivity contribution in [2.75, 3.05) is 24.8 Å². The minimum atomic E-state index is -0.737. The van der Waals surface area contributed by atoms with Gasteiger partial charge in [-0.25, -0.2) is 9.97 Å². The van der Waals surface area contributed by atoms with E-state index in [1.165, 1.54) is 19.3 Å². The van der Waals surface area contributed by atoms with Gasteiger partial charge in [-0.1, -0.05) is 0 Å². The van der Waals surface area contributed by atoms with E-state index in [0.717, 1.165) is 25.5 Å². The summed E-state index contributed by atoms with van der Waals surface area (Å²) in [4.78, 5) is 32.6. The topological polar surface area (TPSA) is 150 Å². The van der Waals surface area contributed by atoms with Gasteiger partial charge in [-0.2, -0.15) is 0 Å². The molecule has 0 radical (unpaired) electrons. The van der Waals surface area contributed by atoms with Crippen molar-refractivity contribution < 1.29 is 9.53 Å². The largest absolute Gasteiger partial charge is 0.404 e. The van der Waals surface area contributed by atoms with Gasteiger partial charge in [0.05, 0.1) is 11.2 Å². The van der Waals surface area contributed by atoms with Gasteiger partial charge in [0.1, 0.15) is 17.3 Å². The average Bonchev–Trinajstić information content (AvgIpc) is 2.74. The summed E-state index contributed by atoms with van der Waals surface area (Å²) in [6.07, 6.45) is 9.87. The van der Waals surface area contributed by atoms with Crippen molar-refractivity contribution in [2.45, 2.75) is 57.1 Å². The number of rotatable bonds is 7. The van der Waals surface area contributed by atoms with Crippen LogP contribution in [-0.4, -0.2) is 40.2 Å². The van der Waals surface area contributed by atoms with E-state index in [1.807, 2.05) is 6.07 Å². The Morgan fingerprint density at radius 1 is 1.27 bits per heavy atom. The van der Waals surface area contributed by atoms with Gasteiger partial charge in [-0.3, -0.25) is 9.59 Å². The number of hydrogen-bond acceptors (Lipinski definition) is 8. The Bertz CT molecular complexity index is 1070. The minimum absolute atomic E-state index is 0.00918. The lowest BCUT2D eigenvalue weighted by molar-refractivity contribution is -0.112. The molecule has 0 bridgehead atoms. The summed E-state index contributed by atoms with van der Waals surface area (Å²) in [7, 11) is 3.47. The smallest absolute Gasteiger partial charge is 0.274 e. The Kier molecular flexibility index (Phi) is 7.70. The van der Waals surface area contributed by atoms with Crippen LogP contribution in [0.4, 0.5) is 17.3 Å². The molecular weight excluding hydrogens is 422 g/mol. The molecule has 4 rings (SSSR count). The van der Waals surface area contributed by atoms with Crippen LogP contribution < -0.4 is 27.7 Å². The summed E-state index contributed by atoms with van der Waals surface area (Å²) >= 11 is 0. The standard InChI is InChI=1S/C17H21N7O2.C6H12O/c1-20-13-8-14(23-16(22-13)11(9-18)15(19)25)21-12-6-3-7-24(17(12)26)10-4-2-5-10;1-6(7-2)4-3-5-6/h3,6-10H,2,4-5,18H2,1H3,(H2,19,25)(H2,20,21,22,23);3-5H2,1-2H3/b11-9-;. The molecule has 0 spiro atoms. The van der Waals surface area contributed by atoms with Crippen molar-refractivity contribution in [2.24, 2.45) is 11.5 Å². The number of nitrogens with zero attached hydrogens (tertiary/aromatic N) is 3. The van der Waals surface area contributed by atoms with Crippen molar-refractivity contribution >= 4 is 28.8 Å². The number of amides is 1. The lowest BCUT2D eigenvalue weighted by Gasteiger charge is -2.36. The maximum Gasteiger partial charge on any atom is 0.274 e. The van der Waals surface area contributed by atoms with Crippen LogP contribution in [0.25, 0.3) is 5.57 Å². The lowest BCUT2D eigenvalue weighted by Crippen LogP contribution is -2.34. The highest BCUT2D eigenvalue weighted by atomic mass is 16.5. The number of nitrogens with one attached hydrogen (secondary N) is 2. The van der Waals surface area contributed by atoms with Crippen molar-refractivity contribution in [3.8, 4) is 0 Å². The molecule has 2 aliphatic rings. The number of primary amides is 1. The first-order chi connectivity index (χ1) is 15.8. The molecule has 2 heterocycles. The third-order valence-corrected chi connectivity index (χ3v) is 6.26.